The van der Waals surface area contributed by atoms with Crippen molar-refractivity contribution in [1.29, 1.82) is 0 Å². The number of ether oxygens (including phenoxy) is 2. The minimum Gasteiger partial charge on any atom is -0.462 e. The third-order valence-electron chi connectivity index (χ3n) is 10.9. The zero-order valence-electron chi connectivity index (χ0n) is 42.4. The first-order valence-corrected chi connectivity index (χ1v) is 26.7. The number of carbonyl (C=O) groups excluding carboxylic acids is 2. The first-order valence-electron chi connectivity index (χ1n) is 26.7. The number of aliphatic hydroxyl groups is 1. The Morgan fingerprint density at radius 3 is 1.00 bits per heavy atom. The van der Waals surface area contributed by atoms with E-state index in [0.29, 0.717) is 12.8 Å². The summed E-state index contributed by atoms with van der Waals surface area (Å²) in [6, 6.07) is 0. The molecule has 0 rings (SSSR count). The largest absolute Gasteiger partial charge is 0.462 e. The zero-order chi connectivity index (χ0) is 47.7. The van der Waals surface area contributed by atoms with Gasteiger partial charge in [0.2, 0.25) is 0 Å². The third-order valence-corrected chi connectivity index (χ3v) is 10.9. The van der Waals surface area contributed by atoms with Crippen molar-refractivity contribution < 1.29 is 24.2 Å². The maximum atomic E-state index is 12.3. The molecule has 66 heavy (non-hydrogen) atoms. The molecule has 0 aliphatic rings. The van der Waals surface area contributed by atoms with E-state index >= 15 is 0 Å². The van der Waals surface area contributed by atoms with Crippen molar-refractivity contribution in [3.63, 3.8) is 0 Å². The summed E-state index contributed by atoms with van der Waals surface area (Å²) in [5.41, 5.74) is 0. The molecule has 0 amide bonds. The standard InChI is InChI=1S/C61H98O5/c1-3-5-7-9-11-13-15-17-19-21-22-23-24-25-26-27-28-29-30-31-32-33-34-35-36-37-38-40-42-44-46-48-50-52-54-56-61(64)66-59(57-62)58-65-60(63)55-53-51-49-47-45-43-41-39-20-18-16-14-12-10-8-6-4-2/h5,7,11,13,17-20,22-23,25-26,28-29,31-32,34-35,37-38,42,44,59,62H,3-4,6,8-10,12,14-16,21,24,27,30,33,36,39-41,43,45-58H2,1-2H3/b7-5-,13-11-,19-17-,20-18-,23-22-,26-25-,29-28-,32-31-,35-34-,38-37-,44-42-. The summed E-state index contributed by atoms with van der Waals surface area (Å²) in [5, 5.41) is 9.62. The van der Waals surface area contributed by atoms with Crippen molar-refractivity contribution in [2.24, 2.45) is 0 Å². The fourth-order valence-electron chi connectivity index (χ4n) is 6.93. The van der Waals surface area contributed by atoms with Gasteiger partial charge >= 0.3 is 11.9 Å². The van der Waals surface area contributed by atoms with Crippen LogP contribution in [-0.2, 0) is 19.1 Å². The number of allylic oxidation sites excluding steroid dienone is 22. The quantitative estimate of drug-likeness (QED) is 0.0374. The van der Waals surface area contributed by atoms with E-state index in [2.05, 4.69) is 148 Å². The average molecular weight is 911 g/mol. The lowest BCUT2D eigenvalue weighted by atomic mass is 10.1. The van der Waals surface area contributed by atoms with Gasteiger partial charge in [0.1, 0.15) is 6.61 Å². The van der Waals surface area contributed by atoms with E-state index < -0.39 is 6.10 Å². The second kappa shape index (κ2) is 55.4. The first kappa shape index (κ1) is 62.0. The van der Waals surface area contributed by atoms with E-state index in [4.69, 9.17) is 9.47 Å². The number of hydrogen-bond donors (Lipinski definition) is 1. The van der Waals surface area contributed by atoms with Gasteiger partial charge < -0.3 is 14.6 Å². The molecule has 0 saturated heterocycles. The van der Waals surface area contributed by atoms with E-state index in [9.17, 15) is 14.7 Å². The molecule has 0 heterocycles. The highest BCUT2D eigenvalue weighted by Crippen LogP contribution is 2.13. The van der Waals surface area contributed by atoms with E-state index in [1.165, 1.54) is 77.0 Å². The Bertz CT molecular complexity index is 1400. The molecule has 0 saturated carbocycles. The fourth-order valence-corrected chi connectivity index (χ4v) is 6.93. The summed E-state index contributed by atoms with van der Waals surface area (Å²) in [6.45, 7) is 3.99. The monoisotopic (exact) mass is 911 g/mol. The molecule has 372 valence electrons. The summed E-state index contributed by atoms with van der Waals surface area (Å²) in [5.74, 6) is -0.633. The predicted molar refractivity (Wildman–Crippen MR) is 288 cm³/mol. The van der Waals surface area contributed by atoms with Crippen LogP contribution in [0.2, 0.25) is 0 Å². The smallest absolute Gasteiger partial charge is 0.306 e. The highest BCUT2D eigenvalue weighted by molar-refractivity contribution is 5.70. The van der Waals surface area contributed by atoms with Crippen LogP contribution in [0.15, 0.2) is 134 Å². The van der Waals surface area contributed by atoms with Gasteiger partial charge in [0.25, 0.3) is 0 Å². The molecular weight excluding hydrogens is 813 g/mol. The van der Waals surface area contributed by atoms with Crippen LogP contribution in [0.5, 0.6) is 0 Å². The zero-order valence-corrected chi connectivity index (χ0v) is 42.4. The van der Waals surface area contributed by atoms with Crippen LogP contribution in [0.25, 0.3) is 0 Å². The van der Waals surface area contributed by atoms with Gasteiger partial charge in [0.15, 0.2) is 6.10 Å². The number of carbonyl (C=O) groups is 2. The van der Waals surface area contributed by atoms with Gasteiger partial charge in [-0.15, -0.1) is 0 Å². The summed E-state index contributed by atoms with van der Waals surface area (Å²) >= 11 is 0. The number of hydrogen-bond acceptors (Lipinski definition) is 5. The van der Waals surface area contributed by atoms with Crippen molar-refractivity contribution in [3.05, 3.63) is 134 Å². The highest BCUT2D eigenvalue weighted by Gasteiger charge is 2.16. The van der Waals surface area contributed by atoms with Crippen molar-refractivity contribution >= 4 is 11.9 Å². The van der Waals surface area contributed by atoms with Crippen molar-refractivity contribution in [1.82, 2.24) is 0 Å². The van der Waals surface area contributed by atoms with Crippen LogP contribution >= 0.6 is 0 Å². The topological polar surface area (TPSA) is 72.8 Å². The molecule has 0 aliphatic heterocycles. The molecule has 0 aromatic heterocycles. The van der Waals surface area contributed by atoms with E-state index in [1.54, 1.807) is 0 Å². The van der Waals surface area contributed by atoms with Gasteiger partial charge in [-0.3, -0.25) is 9.59 Å². The van der Waals surface area contributed by atoms with Gasteiger partial charge in [0.05, 0.1) is 6.61 Å². The lowest BCUT2D eigenvalue weighted by Gasteiger charge is -2.15. The molecular formula is C61H98O5. The number of unbranched alkanes of at least 4 members (excludes halogenated alkanes) is 17. The van der Waals surface area contributed by atoms with E-state index in [-0.39, 0.29) is 25.2 Å². The summed E-state index contributed by atoms with van der Waals surface area (Å²) < 4.78 is 10.7. The number of aliphatic hydroxyl groups excluding tert-OH is 1. The highest BCUT2D eigenvalue weighted by atomic mass is 16.6. The minimum absolute atomic E-state index is 0.0862. The second-order valence-electron chi connectivity index (χ2n) is 17.2. The van der Waals surface area contributed by atoms with Crippen molar-refractivity contribution in [2.45, 2.75) is 225 Å². The first-order chi connectivity index (χ1) is 32.6. The molecule has 5 nitrogen and oxygen atoms in total. The Balaban J connectivity index is 3.67. The second-order valence-corrected chi connectivity index (χ2v) is 17.2. The lowest BCUT2D eigenvalue weighted by Crippen LogP contribution is -2.28. The predicted octanol–water partition coefficient (Wildman–Crippen LogP) is 18.1. The Kier molecular flexibility index (Phi) is 52.0. The SMILES string of the molecule is CC/C=C\C/C=C\C/C=C\C/C=C\C/C=C\C/C=C\C/C=C\C/C=C\C/C=C\C/C=C\CCCCCCC(=O)OC(CO)COC(=O)CCCCCCCCC/C=C\CCCCCCCC. The molecule has 0 fully saturated rings. The molecule has 0 aromatic carbocycles. The molecule has 0 spiro atoms. The van der Waals surface area contributed by atoms with Crippen LogP contribution in [0.1, 0.15) is 219 Å². The van der Waals surface area contributed by atoms with Crippen LogP contribution in [0.4, 0.5) is 0 Å². The van der Waals surface area contributed by atoms with Crippen molar-refractivity contribution in [3.8, 4) is 0 Å². The molecule has 0 bridgehead atoms. The van der Waals surface area contributed by atoms with E-state index in [0.717, 1.165) is 116 Å². The molecule has 0 aliphatic carbocycles. The summed E-state index contributed by atoms with van der Waals surface area (Å²) in [4.78, 5) is 24.4. The molecule has 0 aromatic rings. The van der Waals surface area contributed by atoms with Crippen LogP contribution in [0, 0.1) is 0 Å². The van der Waals surface area contributed by atoms with Crippen molar-refractivity contribution in [2.75, 3.05) is 13.2 Å². The third kappa shape index (κ3) is 52.7. The lowest BCUT2D eigenvalue weighted by molar-refractivity contribution is -0.161. The Hall–Kier alpha value is -3.96. The average Bonchev–Trinajstić information content (AvgIpc) is 3.32. The Morgan fingerprint density at radius 2 is 0.652 bits per heavy atom. The Morgan fingerprint density at radius 1 is 0.364 bits per heavy atom. The molecule has 1 atom stereocenters. The van der Waals surface area contributed by atoms with Crippen LogP contribution in [0.3, 0.4) is 0 Å². The Labute approximate surface area is 406 Å². The van der Waals surface area contributed by atoms with Gasteiger partial charge in [-0.1, -0.05) is 225 Å². The molecule has 1 N–H and O–H groups in total. The maximum Gasteiger partial charge on any atom is 0.306 e. The maximum absolute atomic E-state index is 12.3. The van der Waals surface area contributed by atoms with Crippen LogP contribution in [-0.4, -0.2) is 36.4 Å². The number of esters is 2. The molecule has 1 unspecified atom stereocenters. The summed E-state index contributed by atoms with van der Waals surface area (Å²) in [6.07, 6.45) is 82.6. The number of rotatable bonds is 47. The van der Waals surface area contributed by atoms with Gasteiger partial charge in [-0.25, -0.2) is 0 Å². The normalized spacial score (nSPS) is 13.3. The van der Waals surface area contributed by atoms with Gasteiger partial charge in [-0.05, 0) is 116 Å². The van der Waals surface area contributed by atoms with Gasteiger partial charge in [-0.2, -0.15) is 0 Å². The fraction of sp³-hybridized carbons (Fsp3) is 0.607. The van der Waals surface area contributed by atoms with E-state index in [1.807, 2.05) is 0 Å². The molecule has 5 heteroatoms. The van der Waals surface area contributed by atoms with Gasteiger partial charge in [0, 0.05) is 12.8 Å². The summed E-state index contributed by atoms with van der Waals surface area (Å²) in [7, 11) is 0. The minimum atomic E-state index is -0.797. The molecule has 0 radical (unpaired) electrons. The van der Waals surface area contributed by atoms with Crippen LogP contribution < -0.4 is 0 Å².